The van der Waals surface area contributed by atoms with Crippen molar-refractivity contribution in [2.24, 2.45) is 5.92 Å². The van der Waals surface area contributed by atoms with Crippen molar-refractivity contribution in [1.29, 1.82) is 0 Å². The lowest BCUT2D eigenvalue weighted by molar-refractivity contribution is -0.139. The van der Waals surface area contributed by atoms with Crippen molar-refractivity contribution in [3.8, 4) is 0 Å². The standard InChI is InChI=1S/C29H30N4O4/c34-27(13-12-26-30-23-10-3-4-11-24(23)31-26)33-16-14-20(15-17-33)29(37)32-25(18-28(35)36)22-9-5-7-19-6-1-2-8-21(19)22/h1-11,20,25H,12-18H2,(H,30,31)(H,32,37)(H,35,36). The van der Waals surface area contributed by atoms with Crippen LogP contribution in [-0.4, -0.2) is 50.8 Å². The van der Waals surface area contributed by atoms with E-state index in [9.17, 15) is 19.5 Å². The number of carbonyl (C=O) groups excluding carboxylic acids is 2. The number of rotatable bonds is 8. The molecule has 1 unspecified atom stereocenters. The first-order valence-electron chi connectivity index (χ1n) is 12.7. The quantitative estimate of drug-likeness (QED) is 0.336. The molecule has 1 aliphatic rings. The van der Waals surface area contributed by atoms with Gasteiger partial charge in [0.25, 0.3) is 0 Å². The lowest BCUT2D eigenvalue weighted by atomic mass is 9.93. The number of nitrogens with one attached hydrogen (secondary N) is 2. The second-order valence-electron chi connectivity index (χ2n) is 9.58. The SMILES string of the molecule is O=C(O)CC(NC(=O)C1CCN(C(=O)CCc2nc3ccccc3[nH]2)CC1)c1cccc2ccccc12. The summed E-state index contributed by atoms with van der Waals surface area (Å²) in [7, 11) is 0. The van der Waals surface area contributed by atoms with E-state index in [-0.39, 0.29) is 24.2 Å². The Kier molecular flexibility index (Phi) is 7.16. The molecule has 2 amide bonds. The molecule has 1 atom stereocenters. The highest BCUT2D eigenvalue weighted by Gasteiger charge is 2.29. The second kappa shape index (κ2) is 10.8. The molecule has 37 heavy (non-hydrogen) atoms. The fourth-order valence-electron chi connectivity index (χ4n) is 5.16. The highest BCUT2D eigenvalue weighted by molar-refractivity contribution is 5.88. The Morgan fingerprint density at radius 3 is 2.51 bits per heavy atom. The first kappa shape index (κ1) is 24.5. The van der Waals surface area contributed by atoms with E-state index in [1.54, 1.807) is 0 Å². The number of carbonyl (C=O) groups is 3. The summed E-state index contributed by atoms with van der Waals surface area (Å²) in [6, 6.07) is 20.6. The van der Waals surface area contributed by atoms with Gasteiger partial charge in [-0.05, 0) is 41.3 Å². The molecule has 3 aromatic carbocycles. The first-order valence-corrected chi connectivity index (χ1v) is 12.7. The molecular weight excluding hydrogens is 468 g/mol. The van der Waals surface area contributed by atoms with Gasteiger partial charge in [0.05, 0.1) is 23.5 Å². The summed E-state index contributed by atoms with van der Waals surface area (Å²) in [4.78, 5) is 47.2. The van der Waals surface area contributed by atoms with Crippen LogP contribution in [0.15, 0.2) is 66.7 Å². The smallest absolute Gasteiger partial charge is 0.305 e. The molecule has 190 valence electrons. The summed E-state index contributed by atoms with van der Waals surface area (Å²) in [6.07, 6.45) is 1.81. The van der Waals surface area contributed by atoms with E-state index >= 15 is 0 Å². The van der Waals surface area contributed by atoms with Gasteiger partial charge in [-0.3, -0.25) is 14.4 Å². The maximum Gasteiger partial charge on any atom is 0.305 e. The molecule has 5 rings (SSSR count). The Balaban J connectivity index is 1.17. The molecule has 0 bridgehead atoms. The van der Waals surface area contributed by atoms with Gasteiger partial charge in [-0.2, -0.15) is 0 Å². The number of fused-ring (bicyclic) bond motifs is 2. The number of carboxylic acids is 1. The third-order valence-corrected chi connectivity index (χ3v) is 7.13. The van der Waals surface area contributed by atoms with Crippen LogP contribution in [0.3, 0.4) is 0 Å². The van der Waals surface area contributed by atoms with E-state index in [0.29, 0.717) is 38.8 Å². The van der Waals surface area contributed by atoms with Gasteiger partial charge in [0.2, 0.25) is 11.8 Å². The van der Waals surface area contributed by atoms with Crippen molar-refractivity contribution in [2.45, 2.75) is 38.1 Å². The maximum atomic E-state index is 13.2. The predicted octanol–water partition coefficient (Wildman–Crippen LogP) is 4.22. The van der Waals surface area contributed by atoms with E-state index in [4.69, 9.17) is 0 Å². The highest BCUT2D eigenvalue weighted by atomic mass is 16.4. The van der Waals surface area contributed by atoms with Crippen LogP contribution in [0.5, 0.6) is 0 Å². The highest BCUT2D eigenvalue weighted by Crippen LogP contribution is 2.28. The molecule has 8 heteroatoms. The van der Waals surface area contributed by atoms with E-state index in [1.165, 1.54) is 0 Å². The number of benzene rings is 3. The molecule has 1 aromatic heterocycles. The van der Waals surface area contributed by atoms with Crippen LogP contribution in [-0.2, 0) is 20.8 Å². The molecule has 0 radical (unpaired) electrons. The largest absolute Gasteiger partial charge is 0.481 e. The number of nitrogens with zero attached hydrogens (tertiary/aromatic N) is 2. The normalized spacial score (nSPS) is 15.1. The number of imidazole rings is 1. The van der Waals surface area contributed by atoms with Crippen molar-refractivity contribution in [3.05, 3.63) is 78.1 Å². The molecule has 8 nitrogen and oxygen atoms in total. The Morgan fingerprint density at radius 2 is 1.73 bits per heavy atom. The number of hydrogen-bond donors (Lipinski definition) is 3. The van der Waals surface area contributed by atoms with Crippen molar-refractivity contribution in [1.82, 2.24) is 20.2 Å². The lowest BCUT2D eigenvalue weighted by Gasteiger charge is -2.32. The fourth-order valence-corrected chi connectivity index (χ4v) is 5.16. The minimum Gasteiger partial charge on any atom is -0.481 e. The molecule has 2 heterocycles. The number of piperidine rings is 1. The van der Waals surface area contributed by atoms with Crippen molar-refractivity contribution >= 4 is 39.6 Å². The Hall–Kier alpha value is -4.20. The van der Waals surface area contributed by atoms with Gasteiger partial charge in [-0.15, -0.1) is 0 Å². The van der Waals surface area contributed by atoms with E-state index in [0.717, 1.165) is 33.2 Å². The van der Waals surface area contributed by atoms with Gasteiger partial charge >= 0.3 is 5.97 Å². The van der Waals surface area contributed by atoms with Gasteiger partial charge < -0.3 is 20.3 Å². The zero-order chi connectivity index (χ0) is 25.8. The van der Waals surface area contributed by atoms with Crippen molar-refractivity contribution < 1.29 is 19.5 Å². The third-order valence-electron chi connectivity index (χ3n) is 7.13. The van der Waals surface area contributed by atoms with Crippen LogP contribution in [0.4, 0.5) is 0 Å². The first-order chi connectivity index (χ1) is 18.0. The predicted molar refractivity (Wildman–Crippen MR) is 141 cm³/mol. The average molecular weight is 499 g/mol. The summed E-state index contributed by atoms with van der Waals surface area (Å²) in [5.74, 6) is -0.539. The zero-order valence-electron chi connectivity index (χ0n) is 20.5. The number of aliphatic carboxylic acids is 1. The van der Waals surface area contributed by atoms with E-state index in [2.05, 4.69) is 15.3 Å². The molecule has 0 saturated carbocycles. The molecule has 4 aromatic rings. The Labute approximate surface area is 214 Å². The number of aromatic amines is 1. The van der Waals surface area contributed by atoms with E-state index in [1.807, 2.05) is 71.6 Å². The molecule has 0 spiro atoms. The number of para-hydroxylation sites is 2. The summed E-state index contributed by atoms with van der Waals surface area (Å²) in [6.45, 7) is 1.02. The van der Waals surface area contributed by atoms with Gasteiger partial charge in [0, 0.05) is 31.8 Å². The van der Waals surface area contributed by atoms with Crippen LogP contribution in [0, 0.1) is 5.92 Å². The number of hydrogen-bond acceptors (Lipinski definition) is 4. The van der Waals surface area contributed by atoms with Crippen LogP contribution < -0.4 is 5.32 Å². The van der Waals surface area contributed by atoms with Gasteiger partial charge in [-0.1, -0.05) is 54.6 Å². The summed E-state index contributed by atoms with van der Waals surface area (Å²) in [5, 5.41) is 14.4. The Morgan fingerprint density at radius 1 is 1.00 bits per heavy atom. The number of amides is 2. The van der Waals surface area contributed by atoms with Crippen LogP contribution in [0.1, 0.15) is 43.1 Å². The molecule has 1 saturated heterocycles. The number of carboxylic acid groups (broad SMARTS) is 1. The molecule has 0 aliphatic carbocycles. The minimum atomic E-state index is -0.969. The number of aryl methyl sites for hydroxylation is 1. The number of likely N-dealkylation sites (tertiary alicyclic amines) is 1. The molecule has 1 aliphatic heterocycles. The zero-order valence-corrected chi connectivity index (χ0v) is 20.5. The van der Waals surface area contributed by atoms with Gasteiger partial charge in [0.1, 0.15) is 5.82 Å². The summed E-state index contributed by atoms with van der Waals surface area (Å²) < 4.78 is 0. The maximum absolute atomic E-state index is 13.2. The van der Waals surface area contributed by atoms with Crippen molar-refractivity contribution in [2.75, 3.05) is 13.1 Å². The van der Waals surface area contributed by atoms with Crippen LogP contribution >= 0.6 is 0 Å². The third kappa shape index (κ3) is 5.63. The summed E-state index contributed by atoms with van der Waals surface area (Å²) >= 11 is 0. The average Bonchev–Trinajstić information content (AvgIpc) is 3.34. The Bertz CT molecular complexity index is 1400. The topological polar surface area (TPSA) is 115 Å². The van der Waals surface area contributed by atoms with Crippen LogP contribution in [0.25, 0.3) is 21.8 Å². The number of aromatic nitrogens is 2. The molecule has 1 fully saturated rings. The number of H-pyrrole nitrogens is 1. The second-order valence-corrected chi connectivity index (χ2v) is 9.58. The van der Waals surface area contributed by atoms with E-state index < -0.39 is 12.0 Å². The monoisotopic (exact) mass is 498 g/mol. The van der Waals surface area contributed by atoms with Gasteiger partial charge in [0.15, 0.2) is 0 Å². The molecule has 3 N–H and O–H groups in total. The fraction of sp³-hybridized carbons (Fsp3) is 0.310. The van der Waals surface area contributed by atoms with Gasteiger partial charge in [-0.25, -0.2) is 4.98 Å². The summed E-state index contributed by atoms with van der Waals surface area (Å²) in [5.41, 5.74) is 2.65. The van der Waals surface area contributed by atoms with Crippen LogP contribution in [0.2, 0.25) is 0 Å². The lowest BCUT2D eigenvalue weighted by Crippen LogP contribution is -2.44. The molecular formula is C29H30N4O4. The van der Waals surface area contributed by atoms with Crippen molar-refractivity contribution in [3.63, 3.8) is 0 Å². The minimum absolute atomic E-state index is 0.0545.